The summed E-state index contributed by atoms with van der Waals surface area (Å²) in [4.78, 5) is 14.2. The maximum atomic E-state index is 11.8. The molecule has 2 aliphatic rings. The van der Waals surface area contributed by atoms with Gasteiger partial charge in [-0.15, -0.1) is 0 Å². The van der Waals surface area contributed by atoms with Crippen molar-refractivity contribution in [3.8, 4) is 6.07 Å². The lowest BCUT2D eigenvalue weighted by molar-refractivity contribution is -0.124. The number of hydrogen-bond acceptors (Lipinski definition) is 3. The number of carbonyl (C=O) groups excluding carboxylic acids is 1. The first kappa shape index (κ1) is 12.4. The van der Waals surface area contributed by atoms with Gasteiger partial charge in [-0.2, -0.15) is 5.26 Å². The second-order valence-corrected chi connectivity index (χ2v) is 5.28. The molecule has 1 N–H and O–H groups in total. The predicted molar refractivity (Wildman–Crippen MR) is 65.1 cm³/mol. The minimum Gasteiger partial charge on any atom is -0.354 e. The van der Waals surface area contributed by atoms with E-state index < -0.39 is 5.41 Å². The third-order valence-electron chi connectivity index (χ3n) is 4.10. The molecule has 4 nitrogen and oxygen atoms in total. The van der Waals surface area contributed by atoms with Gasteiger partial charge in [0.25, 0.3) is 0 Å². The van der Waals surface area contributed by atoms with E-state index in [2.05, 4.69) is 23.2 Å². The van der Waals surface area contributed by atoms with Gasteiger partial charge in [-0.25, -0.2) is 0 Å². The third kappa shape index (κ3) is 2.78. The van der Waals surface area contributed by atoms with Crippen molar-refractivity contribution in [3.63, 3.8) is 0 Å². The Bertz CT molecular complexity index is 322. The Kier molecular flexibility index (Phi) is 3.68. The molecule has 0 bridgehead atoms. The summed E-state index contributed by atoms with van der Waals surface area (Å²) in [7, 11) is 0. The summed E-state index contributed by atoms with van der Waals surface area (Å²) in [5.74, 6) is 0.550. The lowest BCUT2D eigenvalue weighted by Crippen LogP contribution is -2.40. The molecule has 1 aliphatic heterocycles. The zero-order valence-electron chi connectivity index (χ0n) is 10.5. The van der Waals surface area contributed by atoms with Crippen LogP contribution >= 0.6 is 0 Å². The summed E-state index contributed by atoms with van der Waals surface area (Å²) in [5.41, 5.74) is -0.663. The minimum atomic E-state index is -0.663. The molecule has 1 saturated carbocycles. The number of rotatable bonds is 4. The summed E-state index contributed by atoms with van der Waals surface area (Å²) in [6.07, 6.45) is 3.80. The van der Waals surface area contributed by atoms with E-state index in [0.29, 0.717) is 5.92 Å². The average Bonchev–Trinajstić information content (AvgIpc) is 3.17. The van der Waals surface area contributed by atoms with Crippen LogP contribution < -0.4 is 5.32 Å². The van der Waals surface area contributed by atoms with Gasteiger partial charge in [0.1, 0.15) is 5.41 Å². The highest BCUT2D eigenvalue weighted by Gasteiger charge is 2.50. The second kappa shape index (κ2) is 5.05. The highest BCUT2D eigenvalue weighted by Crippen LogP contribution is 2.45. The molecule has 2 rings (SSSR count). The third-order valence-corrected chi connectivity index (χ3v) is 4.10. The van der Waals surface area contributed by atoms with Gasteiger partial charge < -0.3 is 10.2 Å². The van der Waals surface area contributed by atoms with Gasteiger partial charge in [-0.05, 0) is 51.2 Å². The van der Waals surface area contributed by atoms with Crippen molar-refractivity contribution in [2.75, 3.05) is 26.2 Å². The molecule has 0 aromatic rings. The van der Waals surface area contributed by atoms with Crippen molar-refractivity contribution >= 4 is 5.91 Å². The molecule has 94 valence electrons. The molecule has 1 heterocycles. The zero-order chi connectivity index (χ0) is 12.3. The Morgan fingerprint density at radius 1 is 1.47 bits per heavy atom. The standard InChI is InChI=1S/C13H21N3O/c1-2-16-7-3-11(4-8-16)9-15-12(17)13(10-14)5-6-13/h11H,2-9H2,1H3,(H,15,17). The Balaban J connectivity index is 1.70. The first-order valence-electron chi connectivity index (χ1n) is 6.62. The molecule has 0 radical (unpaired) electrons. The molecular formula is C13H21N3O. The van der Waals surface area contributed by atoms with Gasteiger partial charge in [0.15, 0.2) is 0 Å². The van der Waals surface area contributed by atoms with E-state index in [0.717, 1.165) is 51.9 Å². The smallest absolute Gasteiger partial charge is 0.240 e. The quantitative estimate of drug-likeness (QED) is 0.795. The van der Waals surface area contributed by atoms with E-state index in [-0.39, 0.29) is 5.91 Å². The SMILES string of the molecule is CCN1CCC(CNC(=O)C2(C#N)CC2)CC1. The van der Waals surface area contributed by atoms with Crippen molar-refractivity contribution in [3.05, 3.63) is 0 Å². The highest BCUT2D eigenvalue weighted by molar-refractivity contribution is 5.88. The maximum absolute atomic E-state index is 11.8. The van der Waals surface area contributed by atoms with Crippen LogP contribution in [0.2, 0.25) is 0 Å². The molecule has 17 heavy (non-hydrogen) atoms. The van der Waals surface area contributed by atoms with E-state index in [1.807, 2.05) is 0 Å². The molecule has 1 aliphatic carbocycles. The number of nitrogens with one attached hydrogen (secondary N) is 1. The molecule has 1 saturated heterocycles. The fraction of sp³-hybridized carbons (Fsp3) is 0.846. The number of piperidine rings is 1. The van der Waals surface area contributed by atoms with Crippen LogP contribution in [-0.2, 0) is 4.79 Å². The monoisotopic (exact) mass is 235 g/mol. The van der Waals surface area contributed by atoms with Gasteiger partial charge in [0, 0.05) is 6.54 Å². The summed E-state index contributed by atoms with van der Waals surface area (Å²) in [5, 5.41) is 11.9. The summed E-state index contributed by atoms with van der Waals surface area (Å²) in [6, 6.07) is 2.14. The van der Waals surface area contributed by atoms with Crippen molar-refractivity contribution in [1.29, 1.82) is 5.26 Å². The molecule has 0 aromatic heterocycles. The Hall–Kier alpha value is -1.08. The Morgan fingerprint density at radius 3 is 2.59 bits per heavy atom. The molecule has 4 heteroatoms. The lowest BCUT2D eigenvalue weighted by atomic mass is 9.96. The van der Waals surface area contributed by atoms with E-state index in [1.54, 1.807) is 0 Å². The number of hydrogen-bond donors (Lipinski definition) is 1. The van der Waals surface area contributed by atoms with Crippen LogP contribution in [0.5, 0.6) is 0 Å². The van der Waals surface area contributed by atoms with E-state index in [1.165, 1.54) is 0 Å². The van der Waals surface area contributed by atoms with Crippen LogP contribution in [0.25, 0.3) is 0 Å². The Labute approximate surface area is 103 Å². The normalized spacial score (nSPS) is 24.0. The van der Waals surface area contributed by atoms with Crippen molar-refractivity contribution < 1.29 is 4.79 Å². The molecule has 2 fully saturated rings. The molecule has 0 aromatic carbocycles. The van der Waals surface area contributed by atoms with Gasteiger partial charge >= 0.3 is 0 Å². The molecule has 0 unspecified atom stereocenters. The van der Waals surface area contributed by atoms with Gasteiger partial charge in [0.05, 0.1) is 6.07 Å². The van der Waals surface area contributed by atoms with Crippen LogP contribution in [0.1, 0.15) is 32.6 Å². The van der Waals surface area contributed by atoms with E-state index in [9.17, 15) is 4.79 Å². The van der Waals surface area contributed by atoms with Crippen LogP contribution in [0.3, 0.4) is 0 Å². The predicted octanol–water partition coefficient (Wildman–Crippen LogP) is 1.14. The number of carbonyl (C=O) groups is 1. The van der Waals surface area contributed by atoms with Crippen molar-refractivity contribution in [1.82, 2.24) is 10.2 Å². The van der Waals surface area contributed by atoms with Crippen LogP contribution in [0, 0.1) is 22.7 Å². The number of nitrogens with zero attached hydrogens (tertiary/aromatic N) is 2. The van der Waals surface area contributed by atoms with Gasteiger partial charge in [-0.1, -0.05) is 6.92 Å². The van der Waals surface area contributed by atoms with E-state index >= 15 is 0 Å². The molecule has 0 atom stereocenters. The molecule has 1 amide bonds. The van der Waals surface area contributed by atoms with E-state index in [4.69, 9.17) is 5.26 Å². The second-order valence-electron chi connectivity index (χ2n) is 5.28. The highest BCUT2D eigenvalue weighted by atomic mass is 16.2. The molecule has 0 spiro atoms. The number of amides is 1. The van der Waals surface area contributed by atoms with Gasteiger partial charge in [-0.3, -0.25) is 4.79 Å². The largest absolute Gasteiger partial charge is 0.354 e. The zero-order valence-corrected chi connectivity index (χ0v) is 10.5. The fourth-order valence-electron chi connectivity index (χ4n) is 2.43. The average molecular weight is 235 g/mol. The minimum absolute atomic E-state index is 0.0436. The van der Waals surface area contributed by atoms with Crippen LogP contribution in [0.15, 0.2) is 0 Å². The number of likely N-dealkylation sites (tertiary alicyclic amines) is 1. The summed E-state index contributed by atoms with van der Waals surface area (Å²) < 4.78 is 0. The van der Waals surface area contributed by atoms with Crippen LogP contribution in [-0.4, -0.2) is 37.0 Å². The number of nitriles is 1. The topological polar surface area (TPSA) is 56.1 Å². The lowest BCUT2D eigenvalue weighted by Gasteiger charge is -2.31. The maximum Gasteiger partial charge on any atom is 0.240 e. The van der Waals surface area contributed by atoms with Gasteiger partial charge in [0.2, 0.25) is 5.91 Å². The van der Waals surface area contributed by atoms with Crippen molar-refractivity contribution in [2.24, 2.45) is 11.3 Å². The summed E-state index contributed by atoms with van der Waals surface area (Å²) in [6.45, 7) is 6.34. The fourth-order valence-corrected chi connectivity index (χ4v) is 2.43. The first-order valence-corrected chi connectivity index (χ1v) is 6.62. The molecular weight excluding hydrogens is 214 g/mol. The summed E-state index contributed by atoms with van der Waals surface area (Å²) >= 11 is 0. The first-order chi connectivity index (χ1) is 8.20. The van der Waals surface area contributed by atoms with Crippen LogP contribution in [0.4, 0.5) is 0 Å². The Morgan fingerprint density at radius 2 is 2.12 bits per heavy atom. The van der Waals surface area contributed by atoms with Crippen molar-refractivity contribution in [2.45, 2.75) is 32.6 Å².